The number of ether oxygens (including phenoxy) is 2. The third-order valence-electron chi connectivity index (χ3n) is 7.54. The van der Waals surface area contributed by atoms with E-state index in [9.17, 15) is 35.9 Å². The topological polar surface area (TPSA) is 83.1 Å². The van der Waals surface area contributed by atoms with Gasteiger partial charge in [-0.25, -0.2) is 0 Å². The zero-order chi connectivity index (χ0) is 36.1. The van der Waals surface area contributed by atoms with Gasteiger partial charge in [0.15, 0.2) is 0 Å². The molecule has 48 heavy (non-hydrogen) atoms. The zero-order valence-electron chi connectivity index (χ0n) is 28.5. The molecule has 0 saturated heterocycles. The molecule has 0 saturated carbocycles. The van der Waals surface area contributed by atoms with Gasteiger partial charge in [0, 0.05) is 28.2 Å². The van der Waals surface area contributed by atoms with Gasteiger partial charge in [0.1, 0.15) is 29.1 Å². The summed E-state index contributed by atoms with van der Waals surface area (Å²) in [4.78, 5) is 29.2. The Hall–Kier alpha value is -3.52. The van der Waals surface area contributed by atoms with Crippen LogP contribution in [0.4, 0.5) is 26.3 Å². The van der Waals surface area contributed by atoms with Crippen molar-refractivity contribution < 1.29 is 45.4 Å². The lowest BCUT2D eigenvalue weighted by Crippen LogP contribution is -2.61. The fourth-order valence-electron chi connectivity index (χ4n) is 4.94. The Morgan fingerprint density at radius 2 is 1.25 bits per heavy atom. The average Bonchev–Trinajstić information content (AvgIpc) is 3.00. The second-order valence-corrected chi connectivity index (χ2v) is 11.8. The predicted molar refractivity (Wildman–Crippen MR) is 172 cm³/mol. The van der Waals surface area contributed by atoms with Crippen molar-refractivity contribution in [2.75, 3.05) is 54.5 Å². The number of benzene rings is 2. The van der Waals surface area contributed by atoms with E-state index in [0.717, 1.165) is 18.9 Å². The van der Waals surface area contributed by atoms with Crippen molar-refractivity contribution in [3.8, 4) is 11.5 Å². The molecule has 2 unspecified atom stereocenters. The van der Waals surface area contributed by atoms with Crippen molar-refractivity contribution >= 4 is 11.8 Å². The van der Waals surface area contributed by atoms with Crippen LogP contribution in [0.15, 0.2) is 36.4 Å². The number of rotatable bonds is 19. The van der Waals surface area contributed by atoms with E-state index in [-0.39, 0.29) is 56.2 Å². The first-order valence-corrected chi connectivity index (χ1v) is 16.1. The van der Waals surface area contributed by atoms with E-state index in [0.29, 0.717) is 18.4 Å². The van der Waals surface area contributed by atoms with Crippen LogP contribution < -0.4 is 20.1 Å². The first-order chi connectivity index (χ1) is 22.5. The first kappa shape index (κ1) is 40.7. The molecule has 0 radical (unpaired) electrons. The van der Waals surface area contributed by atoms with Crippen LogP contribution in [0.25, 0.3) is 0 Å². The highest BCUT2D eigenvalue weighted by Crippen LogP contribution is 2.39. The van der Waals surface area contributed by atoms with Gasteiger partial charge < -0.3 is 29.9 Å². The molecule has 0 aliphatic heterocycles. The molecule has 2 aromatic carbocycles. The Morgan fingerprint density at radius 3 is 1.73 bits per heavy atom. The molecular formula is C34H48F6N4O4. The van der Waals surface area contributed by atoms with Gasteiger partial charge >= 0.3 is 12.4 Å². The quantitative estimate of drug-likeness (QED) is 0.140. The van der Waals surface area contributed by atoms with Crippen LogP contribution in [0, 0.1) is 0 Å². The van der Waals surface area contributed by atoms with E-state index in [2.05, 4.69) is 10.6 Å². The van der Waals surface area contributed by atoms with E-state index in [1.807, 2.05) is 13.8 Å². The molecule has 0 aliphatic carbocycles. The van der Waals surface area contributed by atoms with Crippen LogP contribution in [-0.2, 0) is 34.8 Å². The van der Waals surface area contributed by atoms with Gasteiger partial charge in [-0.15, -0.1) is 0 Å². The lowest BCUT2D eigenvalue weighted by Gasteiger charge is -2.31. The second kappa shape index (κ2) is 18.9. The minimum atomic E-state index is -4.68. The lowest BCUT2D eigenvalue weighted by molar-refractivity contribution is -0.140. The number of carbonyl (C=O) groups is 2. The number of hydrogen-bond acceptors (Lipinski definition) is 6. The van der Waals surface area contributed by atoms with Gasteiger partial charge in [0.25, 0.3) is 0 Å². The minimum Gasteiger partial charge on any atom is -0.493 e. The summed E-state index contributed by atoms with van der Waals surface area (Å²) in [6.07, 6.45) is -6.52. The smallest absolute Gasteiger partial charge is 0.420 e. The van der Waals surface area contributed by atoms with Crippen LogP contribution >= 0.6 is 0 Å². The lowest BCUT2D eigenvalue weighted by atomic mass is 10.0. The standard InChI is InChI=1S/C34H48F6N4O4/c1-7-9-20-47-26-13-11-12-24(28(26)34(38,39)40)17-19-42-30(32(46)44(5)6)29(31(45)43(3)4)41-18-16-23-14-15-25(33(35,36)37)27(22-23)48-21-10-8-2/h11-15,22,29-30,41-42H,7-10,16-21H2,1-6H3. The number of alkyl halides is 6. The molecule has 0 spiro atoms. The third-order valence-corrected chi connectivity index (χ3v) is 7.54. The monoisotopic (exact) mass is 690 g/mol. The number of nitrogens with one attached hydrogen (secondary N) is 2. The van der Waals surface area contributed by atoms with Crippen LogP contribution in [0.1, 0.15) is 61.8 Å². The number of halogens is 6. The molecule has 270 valence electrons. The molecule has 0 fully saturated rings. The van der Waals surface area contributed by atoms with E-state index in [1.54, 1.807) is 0 Å². The molecule has 2 amide bonds. The van der Waals surface area contributed by atoms with Crippen LogP contribution in [0.2, 0.25) is 0 Å². The van der Waals surface area contributed by atoms with E-state index >= 15 is 0 Å². The van der Waals surface area contributed by atoms with Crippen LogP contribution in [0.3, 0.4) is 0 Å². The largest absolute Gasteiger partial charge is 0.493 e. The van der Waals surface area contributed by atoms with Gasteiger partial charge in [-0.05, 0) is 68.1 Å². The third kappa shape index (κ3) is 12.2. The fraction of sp³-hybridized carbons (Fsp3) is 0.588. The average molecular weight is 691 g/mol. The maximum absolute atomic E-state index is 14.1. The number of amides is 2. The summed E-state index contributed by atoms with van der Waals surface area (Å²) in [6.45, 7) is 4.08. The highest BCUT2D eigenvalue weighted by atomic mass is 19.4. The Morgan fingerprint density at radius 1 is 0.729 bits per heavy atom. The molecule has 14 heteroatoms. The molecule has 0 bridgehead atoms. The number of likely N-dealkylation sites (N-methyl/N-ethyl adjacent to an activating group) is 2. The highest BCUT2D eigenvalue weighted by molar-refractivity contribution is 5.92. The van der Waals surface area contributed by atoms with Crippen molar-refractivity contribution in [3.63, 3.8) is 0 Å². The number of unbranched alkanes of at least 4 members (excludes halogenated alkanes) is 2. The summed E-state index contributed by atoms with van der Waals surface area (Å²) in [5.74, 6) is -1.51. The van der Waals surface area contributed by atoms with Crippen molar-refractivity contribution in [1.82, 2.24) is 20.4 Å². The molecular weight excluding hydrogens is 642 g/mol. The molecule has 0 heterocycles. The minimum absolute atomic E-state index is 0.0252. The van der Waals surface area contributed by atoms with Gasteiger partial charge in [-0.3, -0.25) is 9.59 Å². The molecule has 0 aliphatic rings. The second-order valence-electron chi connectivity index (χ2n) is 11.8. The van der Waals surface area contributed by atoms with Crippen LogP contribution in [-0.4, -0.2) is 88.2 Å². The summed E-state index contributed by atoms with van der Waals surface area (Å²) < 4.78 is 94.0. The SMILES string of the molecule is CCCCOc1cc(CCNC(C(=O)N(C)C)C(NCCc2cccc(OCCCC)c2C(F)(F)F)C(=O)N(C)C)ccc1C(F)(F)F. The molecule has 2 rings (SSSR count). The summed E-state index contributed by atoms with van der Waals surface area (Å²) in [5, 5.41) is 6.05. The summed E-state index contributed by atoms with van der Waals surface area (Å²) in [5.41, 5.74) is -1.28. The molecule has 2 aromatic rings. The maximum atomic E-state index is 14.1. The molecule has 0 aromatic heterocycles. The van der Waals surface area contributed by atoms with E-state index in [1.165, 1.54) is 68.3 Å². The van der Waals surface area contributed by atoms with Crippen molar-refractivity contribution in [3.05, 3.63) is 58.7 Å². The fourth-order valence-corrected chi connectivity index (χ4v) is 4.94. The molecule has 2 atom stereocenters. The Balaban J connectivity index is 2.29. The van der Waals surface area contributed by atoms with E-state index in [4.69, 9.17) is 9.47 Å². The summed E-state index contributed by atoms with van der Waals surface area (Å²) in [6, 6.07) is 5.41. The van der Waals surface area contributed by atoms with E-state index < -0.39 is 47.4 Å². The molecule has 8 nitrogen and oxygen atoms in total. The van der Waals surface area contributed by atoms with Gasteiger partial charge in [-0.1, -0.05) is 44.9 Å². The van der Waals surface area contributed by atoms with Gasteiger partial charge in [0.2, 0.25) is 11.8 Å². The normalized spacial score (nSPS) is 13.2. The number of carbonyl (C=O) groups excluding carboxylic acids is 2. The highest BCUT2D eigenvalue weighted by Gasteiger charge is 2.38. The summed E-state index contributed by atoms with van der Waals surface area (Å²) >= 11 is 0. The molecule has 2 N–H and O–H groups in total. The Kier molecular flexibility index (Phi) is 16.0. The number of hydrogen-bond donors (Lipinski definition) is 2. The van der Waals surface area contributed by atoms with Crippen LogP contribution in [0.5, 0.6) is 11.5 Å². The zero-order valence-corrected chi connectivity index (χ0v) is 28.5. The van der Waals surface area contributed by atoms with Gasteiger partial charge in [0.05, 0.1) is 18.8 Å². The first-order valence-electron chi connectivity index (χ1n) is 16.1. The maximum Gasteiger partial charge on any atom is 0.420 e. The van der Waals surface area contributed by atoms with Gasteiger partial charge in [-0.2, -0.15) is 26.3 Å². The van der Waals surface area contributed by atoms with Crippen molar-refractivity contribution in [2.24, 2.45) is 0 Å². The van der Waals surface area contributed by atoms with Crippen molar-refractivity contribution in [1.29, 1.82) is 0 Å². The Labute approximate surface area is 279 Å². The van der Waals surface area contributed by atoms with Crippen molar-refractivity contribution in [2.45, 2.75) is 76.8 Å². The predicted octanol–water partition coefficient (Wildman–Crippen LogP) is 5.96. The Bertz CT molecular complexity index is 1320. The number of nitrogens with zero attached hydrogens (tertiary/aromatic N) is 2. The summed E-state index contributed by atoms with van der Waals surface area (Å²) in [7, 11) is 6.00.